The van der Waals surface area contributed by atoms with Gasteiger partial charge in [-0.2, -0.15) is 17.9 Å². The first-order chi connectivity index (χ1) is 10.1. The van der Waals surface area contributed by atoms with Gasteiger partial charge in [0.1, 0.15) is 0 Å². The molecule has 0 aliphatic rings. The Bertz CT molecular complexity index is 664. The first kappa shape index (κ1) is 15.1. The number of hydrogen-bond acceptors (Lipinski definition) is 3. The second kappa shape index (κ2) is 6.96. The highest BCUT2D eigenvalue weighted by Crippen LogP contribution is 2.18. The maximum atomic E-state index is 12.4. The molecule has 0 radical (unpaired) electrons. The van der Waals surface area contributed by atoms with Gasteiger partial charge in [0.25, 0.3) is 0 Å². The number of amides is 1. The summed E-state index contributed by atoms with van der Waals surface area (Å²) in [6.45, 7) is 0. The minimum atomic E-state index is -0.414. The fourth-order valence-electron chi connectivity index (χ4n) is 2.06. The van der Waals surface area contributed by atoms with Gasteiger partial charge in [0.2, 0.25) is 5.91 Å². The van der Waals surface area contributed by atoms with Crippen LogP contribution in [0.2, 0.25) is 0 Å². The van der Waals surface area contributed by atoms with E-state index in [2.05, 4.69) is 18.7 Å². The molecule has 0 fully saturated rings. The Balaban J connectivity index is 2.09. The maximum absolute atomic E-state index is 12.4. The average Bonchev–Trinajstić information content (AvgIpc) is 2.54. The van der Waals surface area contributed by atoms with Gasteiger partial charge < -0.3 is 4.90 Å². The Kier molecular flexibility index (Phi) is 5.02. The van der Waals surface area contributed by atoms with Crippen LogP contribution in [0.1, 0.15) is 11.1 Å². The van der Waals surface area contributed by atoms with Gasteiger partial charge in [-0.1, -0.05) is 36.4 Å². The van der Waals surface area contributed by atoms with E-state index in [9.17, 15) is 4.79 Å². The van der Waals surface area contributed by atoms with Crippen molar-refractivity contribution >= 4 is 24.2 Å². The number of hydrogen-bond donors (Lipinski definition) is 1. The van der Waals surface area contributed by atoms with Crippen molar-refractivity contribution in [1.29, 1.82) is 5.26 Å². The van der Waals surface area contributed by atoms with Crippen LogP contribution in [0.25, 0.3) is 0 Å². The molecule has 0 spiro atoms. The number of benzene rings is 2. The summed E-state index contributed by atoms with van der Waals surface area (Å²) in [5, 5.41) is 8.50. The van der Waals surface area contributed by atoms with Crippen LogP contribution >= 0.6 is 12.6 Å². The van der Waals surface area contributed by atoms with E-state index in [1.807, 2.05) is 36.4 Å². The van der Waals surface area contributed by atoms with Crippen molar-refractivity contribution in [3.63, 3.8) is 0 Å². The minimum Gasteiger partial charge on any atom is -0.314 e. The second-order valence-corrected chi connectivity index (χ2v) is 5.39. The molecule has 2 rings (SSSR count). The molecule has 0 N–H and O–H groups in total. The molecule has 2 aromatic carbocycles. The van der Waals surface area contributed by atoms with E-state index in [1.54, 1.807) is 30.1 Å². The van der Waals surface area contributed by atoms with Gasteiger partial charge in [-0.05, 0) is 30.2 Å². The van der Waals surface area contributed by atoms with Crippen LogP contribution in [0, 0.1) is 11.3 Å². The summed E-state index contributed by atoms with van der Waals surface area (Å²) in [5.74, 6) is -0.0859. The van der Waals surface area contributed by atoms with Crippen LogP contribution in [-0.2, 0) is 11.2 Å². The van der Waals surface area contributed by atoms with Gasteiger partial charge in [0.15, 0.2) is 0 Å². The van der Waals surface area contributed by atoms with E-state index >= 15 is 0 Å². The molecule has 0 aliphatic heterocycles. The van der Waals surface area contributed by atoms with Crippen LogP contribution in [0.4, 0.5) is 5.69 Å². The molecule has 0 aliphatic carbocycles. The van der Waals surface area contributed by atoms with Gasteiger partial charge in [0, 0.05) is 12.7 Å². The zero-order chi connectivity index (χ0) is 15.2. The lowest BCUT2D eigenvalue weighted by atomic mass is 10.1. The SMILES string of the molecule is CN(C(=O)C(S)Cc1ccccc1)c1cccc(C#N)c1. The Morgan fingerprint density at radius 1 is 1.24 bits per heavy atom. The lowest BCUT2D eigenvalue weighted by Crippen LogP contribution is -2.34. The van der Waals surface area contributed by atoms with Crippen LogP contribution in [0.15, 0.2) is 54.6 Å². The molecule has 0 bridgehead atoms. The summed E-state index contributed by atoms with van der Waals surface area (Å²) in [5.41, 5.74) is 2.31. The molecule has 0 saturated carbocycles. The lowest BCUT2D eigenvalue weighted by molar-refractivity contribution is -0.117. The molecule has 21 heavy (non-hydrogen) atoms. The third kappa shape index (κ3) is 3.87. The molecular formula is C17H16N2OS. The number of carbonyl (C=O) groups excluding carboxylic acids is 1. The van der Waals surface area contributed by atoms with Gasteiger partial charge in [-0.3, -0.25) is 4.79 Å². The van der Waals surface area contributed by atoms with E-state index in [0.717, 1.165) is 5.56 Å². The molecule has 1 unspecified atom stereocenters. The normalized spacial score (nSPS) is 11.5. The summed E-state index contributed by atoms with van der Waals surface area (Å²) >= 11 is 4.42. The first-order valence-electron chi connectivity index (χ1n) is 6.61. The lowest BCUT2D eigenvalue weighted by Gasteiger charge is -2.21. The molecule has 0 heterocycles. The Morgan fingerprint density at radius 2 is 1.95 bits per heavy atom. The highest BCUT2D eigenvalue weighted by molar-refractivity contribution is 7.81. The third-order valence-corrected chi connectivity index (χ3v) is 3.65. The Hall–Kier alpha value is -2.25. The predicted octanol–water partition coefficient (Wildman–Crippen LogP) is 3.06. The fraction of sp³-hybridized carbons (Fsp3) is 0.176. The zero-order valence-electron chi connectivity index (χ0n) is 11.7. The van der Waals surface area contributed by atoms with Crippen LogP contribution in [0.5, 0.6) is 0 Å². The molecule has 2 aromatic rings. The fourth-order valence-corrected chi connectivity index (χ4v) is 2.44. The number of nitrogens with zero attached hydrogens (tertiary/aromatic N) is 2. The average molecular weight is 296 g/mol. The van der Waals surface area contributed by atoms with Crippen molar-refractivity contribution in [3.05, 3.63) is 65.7 Å². The quantitative estimate of drug-likeness (QED) is 0.881. The molecule has 3 nitrogen and oxygen atoms in total. The molecule has 106 valence electrons. The summed E-state index contributed by atoms with van der Waals surface area (Å²) in [4.78, 5) is 14.0. The second-order valence-electron chi connectivity index (χ2n) is 4.76. The van der Waals surface area contributed by atoms with Crippen molar-refractivity contribution in [2.45, 2.75) is 11.7 Å². The largest absolute Gasteiger partial charge is 0.314 e. The maximum Gasteiger partial charge on any atom is 0.239 e. The molecule has 0 saturated heterocycles. The number of thiol groups is 1. The van der Waals surface area contributed by atoms with Gasteiger partial charge in [-0.15, -0.1) is 0 Å². The van der Waals surface area contributed by atoms with Crippen molar-refractivity contribution in [3.8, 4) is 6.07 Å². The highest BCUT2D eigenvalue weighted by Gasteiger charge is 2.20. The summed E-state index contributed by atoms with van der Waals surface area (Å²) in [6.07, 6.45) is 0.574. The van der Waals surface area contributed by atoms with E-state index in [1.165, 1.54) is 0 Å². The van der Waals surface area contributed by atoms with Crippen LogP contribution in [-0.4, -0.2) is 18.2 Å². The topological polar surface area (TPSA) is 44.1 Å². The van der Waals surface area contributed by atoms with Crippen LogP contribution in [0.3, 0.4) is 0 Å². The summed E-state index contributed by atoms with van der Waals surface area (Å²) < 4.78 is 0. The van der Waals surface area contributed by atoms with E-state index < -0.39 is 5.25 Å². The van der Waals surface area contributed by atoms with Crippen molar-refractivity contribution < 1.29 is 4.79 Å². The number of anilines is 1. The number of carbonyl (C=O) groups is 1. The molecule has 1 amide bonds. The summed E-state index contributed by atoms with van der Waals surface area (Å²) in [6, 6.07) is 18.8. The minimum absolute atomic E-state index is 0.0859. The molecular weight excluding hydrogens is 280 g/mol. The monoisotopic (exact) mass is 296 g/mol. The Labute approximate surface area is 130 Å². The van der Waals surface area contributed by atoms with Gasteiger partial charge in [-0.25, -0.2) is 0 Å². The smallest absolute Gasteiger partial charge is 0.239 e. The zero-order valence-corrected chi connectivity index (χ0v) is 12.6. The van der Waals surface area contributed by atoms with Gasteiger partial charge >= 0.3 is 0 Å². The van der Waals surface area contributed by atoms with E-state index in [0.29, 0.717) is 17.7 Å². The van der Waals surface area contributed by atoms with Crippen molar-refractivity contribution in [2.24, 2.45) is 0 Å². The van der Waals surface area contributed by atoms with Crippen molar-refractivity contribution in [1.82, 2.24) is 0 Å². The Morgan fingerprint density at radius 3 is 2.62 bits per heavy atom. The first-order valence-corrected chi connectivity index (χ1v) is 7.13. The molecule has 0 aromatic heterocycles. The molecule has 4 heteroatoms. The van der Waals surface area contributed by atoms with E-state index in [-0.39, 0.29) is 5.91 Å². The van der Waals surface area contributed by atoms with Crippen LogP contribution < -0.4 is 4.90 Å². The number of rotatable bonds is 4. The summed E-state index contributed by atoms with van der Waals surface area (Å²) in [7, 11) is 1.70. The molecule has 1 atom stereocenters. The predicted molar refractivity (Wildman–Crippen MR) is 87.5 cm³/mol. The van der Waals surface area contributed by atoms with E-state index in [4.69, 9.17) is 5.26 Å². The van der Waals surface area contributed by atoms with Crippen molar-refractivity contribution in [2.75, 3.05) is 11.9 Å². The number of nitriles is 1. The highest BCUT2D eigenvalue weighted by atomic mass is 32.1. The standard InChI is InChI=1S/C17H16N2OS/c1-19(15-9-5-8-14(10-15)12-18)17(20)16(21)11-13-6-3-2-4-7-13/h2-10,16,21H,11H2,1H3. The third-order valence-electron chi connectivity index (χ3n) is 3.25. The van der Waals surface area contributed by atoms with Gasteiger partial charge in [0.05, 0.1) is 16.9 Å².